The second-order valence-corrected chi connectivity index (χ2v) is 4.50. The maximum Gasteiger partial charge on any atom is 0.191 e. The predicted octanol–water partition coefficient (Wildman–Crippen LogP) is 1.95. The number of nitrogens with zero attached hydrogens (tertiary/aromatic N) is 2. The summed E-state index contributed by atoms with van der Waals surface area (Å²) in [6, 6.07) is 5.88. The van der Waals surface area contributed by atoms with Gasteiger partial charge >= 0.3 is 0 Å². The Hall–Kier alpha value is -1.62. The fourth-order valence-corrected chi connectivity index (χ4v) is 1.75. The number of hydrogen-bond acceptors (Lipinski definition) is 3. The maximum atomic E-state index is 5.03. The van der Waals surface area contributed by atoms with Crippen molar-refractivity contribution in [2.24, 2.45) is 4.99 Å². The Labute approximate surface area is 121 Å². The number of nitrogens with one attached hydrogen (secondary N) is 2. The van der Waals surface area contributed by atoms with E-state index in [0.29, 0.717) is 6.54 Å². The molecule has 0 amide bonds. The highest BCUT2D eigenvalue weighted by atomic mass is 16.5. The first-order valence-electron chi connectivity index (χ1n) is 7.28. The first-order valence-corrected chi connectivity index (χ1v) is 7.28. The van der Waals surface area contributed by atoms with Crippen molar-refractivity contribution >= 4 is 5.96 Å². The van der Waals surface area contributed by atoms with Crippen molar-refractivity contribution in [3.05, 3.63) is 30.1 Å². The van der Waals surface area contributed by atoms with Crippen LogP contribution in [0.5, 0.6) is 0 Å². The molecule has 20 heavy (non-hydrogen) atoms. The zero-order chi connectivity index (χ0) is 14.5. The molecule has 0 spiro atoms. The lowest BCUT2D eigenvalue weighted by Gasteiger charge is -2.11. The molecule has 5 heteroatoms. The number of methoxy groups -OCH3 is 1. The van der Waals surface area contributed by atoms with Crippen molar-refractivity contribution < 1.29 is 4.74 Å². The van der Waals surface area contributed by atoms with Crippen LogP contribution in [0.3, 0.4) is 0 Å². The van der Waals surface area contributed by atoms with Crippen molar-refractivity contribution in [1.29, 1.82) is 0 Å². The molecule has 0 saturated carbocycles. The van der Waals surface area contributed by atoms with Gasteiger partial charge in [-0.2, -0.15) is 0 Å². The van der Waals surface area contributed by atoms with Gasteiger partial charge in [0, 0.05) is 33.0 Å². The van der Waals surface area contributed by atoms with E-state index in [-0.39, 0.29) is 0 Å². The lowest BCUT2D eigenvalue weighted by Crippen LogP contribution is -2.37. The lowest BCUT2D eigenvalue weighted by molar-refractivity contribution is 0.192. The van der Waals surface area contributed by atoms with Gasteiger partial charge in [0.15, 0.2) is 5.96 Å². The molecule has 112 valence electrons. The largest absolute Gasteiger partial charge is 0.385 e. The molecule has 5 nitrogen and oxygen atoms in total. The highest BCUT2D eigenvalue weighted by Crippen LogP contribution is 1.96. The summed E-state index contributed by atoms with van der Waals surface area (Å²) in [5, 5.41) is 6.58. The van der Waals surface area contributed by atoms with Crippen LogP contribution in [0.15, 0.2) is 29.4 Å². The molecule has 0 bridgehead atoms. The van der Waals surface area contributed by atoms with E-state index in [1.54, 1.807) is 13.3 Å². The third kappa shape index (κ3) is 7.74. The second kappa shape index (κ2) is 11.2. The van der Waals surface area contributed by atoms with E-state index in [2.05, 4.69) is 27.5 Å². The highest BCUT2D eigenvalue weighted by molar-refractivity contribution is 5.79. The number of rotatable bonds is 9. The average molecular weight is 278 g/mol. The van der Waals surface area contributed by atoms with Crippen LogP contribution in [0.4, 0.5) is 0 Å². The molecular weight excluding hydrogens is 252 g/mol. The molecule has 1 heterocycles. The van der Waals surface area contributed by atoms with Gasteiger partial charge in [-0.15, -0.1) is 0 Å². The van der Waals surface area contributed by atoms with Gasteiger partial charge in [-0.1, -0.05) is 6.07 Å². The van der Waals surface area contributed by atoms with Crippen LogP contribution >= 0.6 is 0 Å². The Balaban J connectivity index is 2.28. The highest BCUT2D eigenvalue weighted by Gasteiger charge is 1.97. The van der Waals surface area contributed by atoms with E-state index >= 15 is 0 Å². The summed E-state index contributed by atoms with van der Waals surface area (Å²) >= 11 is 0. The Bertz CT molecular complexity index is 367. The van der Waals surface area contributed by atoms with Crippen molar-refractivity contribution in [3.8, 4) is 0 Å². The molecule has 0 aromatic carbocycles. The molecular formula is C15H26N4O. The summed E-state index contributed by atoms with van der Waals surface area (Å²) in [7, 11) is 1.74. The molecule has 0 radical (unpaired) electrons. The van der Waals surface area contributed by atoms with Gasteiger partial charge in [0.1, 0.15) is 0 Å². The van der Waals surface area contributed by atoms with Gasteiger partial charge in [-0.3, -0.25) is 4.98 Å². The standard InChI is InChI=1S/C15H26N4O/c1-3-16-15(18-11-6-4-8-12-20-2)19-13-14-9-5-7-10-17-14/h5,7,9-10H,3-4,6,8,11-13H2,1-2H3,(H2,16,18,19). The molecule has 0 atom stereocenters. The number of unbranched alkanes of at least 4 members (excludes halogenated alkanes) is 2. The summed E-state index contributed by atoms with van der Waals surface area (Å²) in [6.45, 7) is 5.29. The Morgan fingerprint density at radius 3 is 2.85 bits per heavy atom. The minimum atomic E-state index is 0.597. The van der Waals surface area contributed by atoms with Crippen molar-refractivity contribution in [3.63, 3.8) is 0 Å². The van der Waals surface area contributed by atoms with Crippen LogP contribution in [0.1, 0.15) is 31.9 Å². The fraction of sp³-hybridized carbons (Fsp3) is 0.600. The van der Waals surface area contributed by atoms with Gasteiger partial charge in [0.05, 0.1) is 12.2 Å². The zero-order valence-corrected chi connectivity index (χ0v) is 12.6. The van der Waals surface area contributed by atoms with Crippen LogP contribution in [0.2, 0.25) is 0 Å². The lowest BCUT2D eigenvalue weighted by atomic mass is 10.2. The number of pyridine rings is 1. The first kappa shape index (κ1) is 16.4. The SMILES string of the molecule is CCNC(=NCc1ccccn1)NCCCCCOC. The molecule has 0 aliphatic carbocycles. The van der Waals surface area contributed by atoms with Crippen LogP contribution in [-0.4, -0.2) is 37.7 Å². The number of guanidine groups is 1. The summed E-state index contributed by atoms with van der Waals surface area (Å²) < 4.78 is 5.03. The van der Waals surface area contributed by atoms with Gasteiger partial charge in [-0.05, 0) is 38.3 Å². The zero-order valence-electron chi connectivity index (χ0n) is 12.6. The maximum absolute atomic E-state index is 5.03. The predicted molar refractivity (Wildman–Crippen MR) is 82.8 cm³/mol. The van der Waals surface area contributed by atoms with Gasteiger partial charge in [0.2, 0.25) is 0 Å². The quantitative estimate of drug-likeness (QED) is 0.412. The van der Waals surface area contributed by atoms with Crippen LogP contribution in [0, 0.1) is 0 Å². The molecule has 2 N–H and O–H groups in total. The van der Waals surface area contributed by atoms with Crippen molar-refractivity contribution in [1.82, 2.24) is 15.6 Å². The molecule has 0 fully saturated rings. The molecule has 1 aromatic rings. The number of aliphatic imine (C=N–C) groups is 1. The third-order valence-corrected chi connectivity index (χ3v) is 2.79. The van der Waals surface area contributed by atoms with E-state index in [9.17, 15) is 0 Å². The molecule has 1 aromatic heterocycles. The summed E-state index contributed by atoms with van der Waals surface area (Å²) in [5.74, 6) is 0.852. The smallest absolute Gasteiger partial charge is 0.191 e. The van der Waals surface area contributed by atoms with E-state index in [4.69, 9.17) is 4.74 Å². The Morgan fingerprint density at radius 1 is 1.25 bits per heavy atom. The van der Waals surface area contributed by atoms with Crippen molar-refractivity contribution in [2.75, 3.05) is 26.8 Å². The van der Waals surface area contributed by atoms with Crippen LogP contribution in [0.25, 0.3) is 0 Å². The fourth-order valence-electron chi connectivity index (χ4n) is 1.75. The number of aromatic nitrogens is 1. The Morgan fingerprint density at radius 2 is 2.15 bits per heavy atom. The minimum Gasteiger partial charge on any atom is -0.385 e. The molecule has 0 unspecified atom stereocenters. The average Bonchev–Trinajstić information content (AvgIpc) is 2.49. The molecule has 1 rings (SSSR count). The van der Waals surface area contributed by atoms with Gasteiger partial charge < -0.3 is 15.4 Å². The summed E-state index contributed by atoms with van der Waals surface area (Å²) in [6.07, 6.45) is 5.19. The minimum absolute atomic E-state index is 0.597. The molecule has 0 aliphatic rings. The van der Waals surface area contributed by atoms with Crippen LogP contribution < -0.4 is 10.6 Å². The van der Waals surface area contributed by atoms with E-state index in [0.717, 1.165) is 44.2 Å². The first-order chi connectivity index (χ1) is 9.86. The number of ether oxygens (including phenoxy) is 1. The summed E-state index contributed by atoms with van der Waals surface area (Å²) in [4.78, 5) is 8.79. The van der Waals surface area contributed by atoms with E-state index < -0.39 is 0 Å². The molecule has 0 saturated heterocycles. The monoisotopic (exact) mass is 278 g/mol. The van der Waals surface area contributed by atoms with E-state index in [1.165, 1.54) is 6.42 Å². The second-order valence-electron chi connectivity index (χ2n) is 4.50. The normalized spacial score (nSPS) is 11.4. The third-order valence-electron chi connectivity index (χ3n) is 2.79. The van der Waals surface area contributed by atoms with Crippen LogP contribution in [-0.2, 0) is 11.3 Å². The topological polar surface area (TPSA) is 58.5 Å². The van der Waals surface area contributed by atoms with Gasteiger partial charge in [0.25, 0.3) is 0 Å². The van der Waals surface area contributed by atoms with Crippen molar-refractivity contribution in [2.45, 2.75) is 32.7 Å². The van der Waals surface area contributed by atoms with Gasteiger partial charge in [-0.25, -0.2) is 4.99 Å². The van der Waals surface area contributed by atoms with E-state index in [1.807, 2.05) is 18.2 Å². The number of hydrogen-bond donors (Lipinski definition) is 2. The molecule has 0 aliphatic heterocycles. The summed E-state index contributed by atoms with van der Waals surface area (Å²) in [5.41, 5.74) is 0.977. The Kier molecular flexibility index (Phi) is 9.23.